The first-order valence-corrected chi connectivity index (χ1v) is 5.50. The number of hydrogen-bond acceptors (Lipinski definition) is 3. The van der Waals surface area contributed by atoms with Crippen LogP contribution in [0.5, 0.6) is 0 Å². The van der Waals surface area contributed by atoms with E-state index in [0.717, 1.165) is 10.6 Å². The second-order valence-corrected chi connectivity index (χ2v) is 4.38. The van der Waals surface area contributed by atoms with E-state index in [-0.39, 0.29) is 0 Å². The lowest BCUT2D eigenvalue weighted by atomic mass is 10.1. The summed E-state index contributed by atoms with van der Waals surface area (Å²) >= 11 is 1.62. The number of thiazole rings is 1. The molecule has 0 aliphatic heterocycles. The summed E-state index contributed by atoms with van der Waals surface area (Å²) in [5.41, 5.74) is 4.11. The van der Waals surface area contributed by atoms with Gasteiger partial charge in [-0.15, -0.1) is 11.3 Å². The molecule has 0 aromatic carbocycles. The summed E-state index contributed by atoms with van der Waals surface area (Å²) in [6, 6.07) is 4.19. The molecule has 2 rings (SSSR count). The lowest BCUT2D eigenvalue weighted by Gasteiger charge is -2.04. The Morgan fingerprint density at radius 2 is 2.07 bits per heavy atom. The molecule has 0 bridgehead atoms. The lowest BCUT2D eigenvalue weighted by molar-refractivity contribution is 0.859. The maximum absolute atomic E-state index is 4.41. The molecule has 0 radical (unpaired) electrons. The van der Waals surface area contributed by atoms with Crippen LogP contribution in [-0.4, -0.2) is 9.97 Å². The van der Waals surface area contributed by atoms with Crippen molar-refractivity contribution in [3.05, 3.63) is 35.6 Å². The summed E-state index contributed by atoms with van der Waals surface area (Å²) in [5, 5.41) is 0. The quantitative estimate of drug-likeness (QED) is 0.750. The van der Waals surface area contributed by atoms with Crippen molar-refractivity contribution in [1.29, 1.82) is 0 Å². The molecule has 0 saturated heterocycles. The van der Waals surface area contributed by atoms with Crippen LogP contribution >= 0.6 is 11.3 Å². The van der Waals surface area contributed by atoms with E-state index < -0.39 is 0 Å². The van der Waals surface area contributed by atoms with Crippen LogP contribution in [0, 0.1) is 0 Å². The molecular formula is C11H12N2S. The van der Waals surface area contributed by atoms with E-state index in [0.29, 0.717) is 5.92 Å². The van der Waals surface area contributed by atoms with Gasteiger partial charge < -0.3 is 0 Å². The highest BCUT2D eigenvalue weighted by molar-refractivity contribution is 7.13. The van der Waals surface area contributed by atoms with Gasteiger partial charge >= 0.3 is 0 Å². The fraction of sp³-hybridized carbons (Fsp3) is 0.273. The van der Waals surface area contributed by atoms with E-state index in [2.05, 4.69) is 35.9 Å². The molecule has 0 atom stereocenters. The normalized spacial score (nSPS) is 10.8. The first-order valence-electron chi connectivity index (χ1n) is 4.62. The zero-order valence-electron chi connectivity index (χ0n) is 8.27. The molecule has 2 heterocycles. The molecule has 0 amide bonds. The molecule has 3 heteroatoms. The minimum Gasteiger partial charge on any atom is -0.255 e. The fourth-order valence-corrected chi connectivity index (χ4v) is 1.83. The molecule has 0 aliphatic rings. The van der Waals surface area contributed by atoms with Crippen molar-refractivity contribution in [1.82, 2.24) is 9.97 Å². The topological polar surface area (TPSA) is 25.8 Å². The number of nitrogens with zero attached hydrogens (tertiary/aromatic N) is 2. The predicted octanol–water partition coefficient (Wildman–Crippen LogP) is 3.33. The van der Waals surface area contributed by atoms with Crippen molar-refractivity contribution in [3.8, 4) is 10.6 Å². The van der Waals surface area contributed by atoms with Gasteiger partial charge in [0.15, 0.2) is 0 Å². The summed E-state index contributed by atoms with van der Waals surface area (Å²) in [7, 11) is 0. The largest absolute Gasteiger partial charge is 0.255 e. The molecule has 0 N–H and O–H groups in total. The molecule has 2 aromatic heterocycles. The monoisotopic (exact) mass is 204 g/mol. The Kier molecular flexibility index (Phi) is 2.59. The number of pyridine rings is 1. The summed E-state index contributed by atoms with van der Waals surface area (Å²) in [6.45, 7) is 4.34. The zero-order chi connectivity index (χ0) is 9.97. The van der Waals surface area contributed by atoms with Crippen LogP contribution in [0.2, 0.25) is 0 Å². The Balaban J connectivity index is 2.31. The van der Waals surface area contributed by atoms with Crippen molar-refractivity contribution in [2.45, 2.75) is 19.8 Å². The first-order chi connectivity index (χ1) is 6.77. The van der Waals surface area contributed by atoms with Crippen molar-refractivity contribution in [2.75, 3.05) is 0 Å². The number of aromatic nitrogens is 2. The minimum atomic E-state index is 0.540. The predicted molar refractivity (Wildman–Crippen MR) is 59.4 cm³/mol. The van der Waals surface area contributed by atoms with Crippen molar-refractivity contribution >= 4 is 11.3 Å². The first kappa shape index (κ1) is 9.34. The lowest BCUT2D eigenvalue weighted by Crippen LogP contribution is -1.89. The highest BCUT2D eigenvalue weighted by Gasteiger charge is 2.02. The van der Waals surface area contributed by atoms with Gasteiger partial charge in [-0.3, -0.25) is 9.97 Å². The van der Waals surface area contributed by atoms with Gasteiger partial charge in [0, 0.05) is 12.4 Å². The van der Waals surface area contributed by atoms with E-state index in [9.17, 15) is 0 Å². The summed E-state index contributed by atoms with van der Waals surface area (Å²) < 4.78 is 0. The Morgan fingerprint density at radius 3 is 2.57 bits per heavy atom. The summed E-state index contributed by atoms with van der Waals surface area (Å²) in [4.78, 5) is 9.57. The van der Waals surface area contributed by atoms with Gasteiger partial charge in [-0.25, -0.2) is 0 Å². The van der Waals surface area contributed by atoms with Crippen LogP contribution in [0.1, 0.15) is 25.3 Å². The van der Waals surface area contributed by atoms with Crippen LogP contribution in [0.15, 0.2) is 30.0 Å². The van der Waals surface area contributed by atoms with Crippen LogP contribution in [0.3, 0.4) is 0 Å². The molecule has 0 spiro atoms. The smallest absolute Gasteiger partial charge is 0.0818 e. The van der Waals surface area contributed by atoms with Crippen LogP contribution in [0.25, 0.3) is 10.6 Å². The molecule has 2 nitrogen and oxygen atoms in total. The average Bonchev–Trinajstić information content (AvgIpc) is 2.71. The highest BCUT2D eigenvalue weighted by Crippen LogP contribution is 2.22. The molecule has 72 valence electrons. The third-order valence-corrected chi connectivity index (χ3v) is 2.93. The van der Waals surface area contributed by atoms with Gasteiger partial charge in [-0.2, -0.15) is 0 Å². The number of hydrogen-bond donors (Lipinski definition) is 0. The minimum absolute atomic E-state index is 0.540. The van der Waals surface area contributed by atoms with Gasteiger partial charge in [0.1, 0.15) is 0 Å². The Bertz CT molecular complexity index is 390. The van der Waals surface area contributed by atoms with Gasteiger partial charge in [0.2, 0.25) is 0 Å². The van der Waals surface area contributed by atoms with E-state index in [1.807, 2.05) is 17.9 Å². The summed E-state index contributed by atoms with van der Waals surface area (Å²) in [5.74, 6) is 0.540. The second-order valence-electron chi connectivity index (χ2n) is 3.50. The molecule has 0 fully saturated rings. The van der Waals surface area contributed by atoms with Gasteiger partial charge in [-0.05, 0) is 17.5 Å². The van der Waals surface area contributed by atoms with E-state index in [4.69, 9.17) is 0 Å². The SMILES string of the molecule is CC(C)c1ccc(-c2cncs2)nc1. The van der Waals surface area contributed by atoms with Crippen molar-refractivity contribution in [3.63, 3.8) is 0 Å². The zero-order valence-corrected chi connectivity index (χ0v) is 9.08. The molecule has 0 unspecified atom stereocenters. The van der Waals surface area contributed by atoms with Crippen molar-refractivity contribution < 1.29 is 0 Å². The van der Waals surface area contributed by atoms with Gasteiger partial charge in [0.25, 0.3) is 0 Å². The van der Waals surface area contributed by atoms with Gasteiger partial charge in [-0.1, -0.05) is 19.9 Å². The molecule has 2 aromatic rings. The van der Waals surface area contributed by atoms with Crippen LogP contribution in [-0.2, 0) is 0 Å². The van der Waals surface area contributed by atoms with E-state index in [1.54, 1.807) is 11.3 Å². The Labute approximate surface area is 87.7 Å². The second kappa shape index (κ2) is 3.88. The third kappa shape index (κ3) is 1.82. The third-order valence-electron chi connectivity index (χ3n) is 2.14. The maximum Gasteiger partial charge on any atom is 0.0818 e. The highest BCUT2D eigenvalue weighted by atomic mass is 32.1. The Morgan fingerprint density at radius 1 is 1.21 bits per heavy atom. The molecule has 0 saturated carbocycles. The number of rotatable bonds is 2. The van der Waals surface area contributed by atoms with Crippen molar-refractivity contribution in [2.24, 2.45) is 0 Å². The van der Waals surface area contributed by atoms with Gasteiger partial charge in [0.05, 0.1) is 16.1 Å². The summed E-state index contributed by atoms with van der Waals surface area (Å²) in [6.07, 6.45) is 3.79. The Hall–Kier alpha value is -1.22. The standard InChI is InChI=1S/C11H12N2S/c1-8(2)9-3-4-10(13-5-9)11-6-12-7-14-11/h3-8H,1-2H3. The molecular weight excluding hydrogens is 192 g/mol. The average molecular weight is 204 g/mol. The fourth-order valence-electron chi connectivity index (χ4n) is 1.23. The van der Waals surface area contributed by atoms with Crippen LogP contribution in [0.4, 0.5) is 0 Å². The maximum atomic E-state index is 4.41. The van der Waals surface area contributed by atoms with E-state index >= 15 is 0 Å². The molecule has 14 heavy (non-hydrogen) atoms. The molecule has 0 aliphatic carbocycles. The van der Waals surface area contributed by atoms with Crippen LogP contribution < -0.4 is 0 Å². The van der Waals surface area contributed by atoms with E-state index in [1.165, 1.54) is 5.56 Å².